The van der Waals surface area contributed by atoms with Crippen LogP contribution < -0.4 is 4.90 Å². The molecule has 1 atom stereocenters. The minimum absolute atomic E-state index is 0.0680. The summed E-state index contributed by atoms with van der Waals surface area (Å²) in [6.45, 7) is 3.46. The van der Waals surface area contributed by atoms with Gasteiger partial charge >= 0.3 is 0 Å². The van der Waals surface area contributed by atoms with E-state index in [0.717, 1.165) is 0 Å². The van der Waals surface area contributed by atoms with Crippen LogP contribution in [0, 0.1) is 0 Å². The average Bonchev–Trinajstić information content (AvgIpc) is 3.28. The first-order chi connectivity index (χ1) is 12.6. The number of hydrogen-bond acceptors (Lipinski definition) is 5. The molecule has 7 nitrogen and oxygen atoms in total. The molecule has 1 aromatic carbocycles. The lowest BCUT2D eigenvalue weighted by molar-refractivity contribution is -0.117. The molecule has 1 saturated heterocycles. The highest BCUT2D eigenvalue weighted by Gasteiger charge is 2.43. The lowest BCUT2D eigenvalue weighted by Crippen LogP contribution is -2.58. The van der Waals surface area contributed by atoms with Crippen molar-refractivity contribution in [3.8, 4) is 0 Å². The lowest BCUT2D eigenvalue weighted by Gasteiger charge is -2.39. The van der Waals surface area contributed by atoms with Crippen molar-refractivity contribution in [1.29, 1.82) is 0 Å². The second-order valence-electron chi connectivity index (χ2n) is 6.45. The van der Waals surface area contributed by atoms with Gasteiger partial charge in [-0.25, -0.2) is 0 Å². The number of piperazine rings is 1. The summed E-state index contributed by atoms with van der Waals surface area (Å²) in [5.41, 5.74) is 1.23. The second-order valence-corrected chi connectivity index (χ2v) is 6.45. The normalized spacial score (nSPS) is 20.3. The van der Waals surface area contributed by atoms with Crippen LogP contribution in [0.3, 0.4) is 0 Å². The van der Waals surface area contributed by atoms with Gasteiger partial charge in [-0.1, -0.05) is 12.1 Å². The van der Waals surface area contributed by atoms with Gasteiger partial charge in [0.05, 0.1) is 12.0 Å². The van der Waals surface area contributed by atoms with Crippen molar-refractivity contribution in [2.75, 3.05) is 31.1 Å². The summed E-state index contributed by atoms with van der Waals surface area (Å²) in [5, 5.41) is 0. The molecule has 26 heavy (non-hydrogen) atoms. The molecule has 1 aromatic heterocycles. The van der Waals surface area contributed by atoms with Gasteiger partial charge in [0.1, 0.15) is 0 Å². The maximum atomic E-state index is 12.9. The summed E-state index contributed by atoms with van der Waals surface area (Å²) in [4.78, 5) is 42.7. The number of carbonyl (C=O) groups is 3. The number of para-hydroxylation sites is 1. The predicted molar refractivity (Wildman–Crippen MR) is 93.9 cm³/mol. The van der Waals surface area contributed by atoms with E-state index >= 15 is 0 Å². The van der Waals surface area contributed by atoms with Crippen LogP contribution in [-0.4, -0.2) is 59.7 Å². The van der Waals surface area contributed by atoms with Gasteiger partial charge in [0.25, 0.3) is 5.91 Å². The molecule has 0 radical (unpaired) electrons. The molecule has 2 aliphatic heterocycles. The quantitative estimate of drug-likeness (QED) is 0.820. The van der Waals surface area contributed by atoms with E-state index < -0.39 is 6.17 Å². The van der Waals surface area contributed by atoms with Gasteiger partial charge in [-0.05, 0) is 24.3 Å². The van der Waals surface area contributed by atoms with Crippen molar-refractivity contribution in [1.82, 2.24) is 9.80 Å². The third-order valence-corrected chi connectivity index (χ3v) is 4.93. The summed E-state index contributed by atoms with van der Waals surface area (Å²) in [6.07, 6.45) is 0.841. The lowest BCUT2D eigenvalue weighted by atomic mass is 10.1. The SMILES string of the molecule is CC(=O)N1c2ccccc2C(=O)C1N1CCN(C(=O)c2ccco2)CC1. The van der Waals surface area contributed by atoms with Crippen LogP contribution in [0.4, 0.5) is 5.69 Å². The van der Waals surface area contributed by atoms with Crippen molar-refractivity contribution >= 4 is 23.3 Å². The fourth-order valence-corrected chi connectivity index (χ4v) is 3.68. The molecule has 2 amide bonds. The van der Waals surface area contributed by atoms with Crippen LogP contribution >= 0.6 is 0 Å². The highest BCUT2D eigenvalue weighted by molar-refractivity contribution is 6.17. The van der Waals surface area contributed by atoms with Crippen LogP contribution in [0.2, 0.25) is 0 Å². The molecule has 0 N–H and O–H groups in total. The standard InChI is InChI=1S/C19H19N3O4/c1-13(23)22-15-6-3-2-5-14(15)17(24)18(22)20-8-10-21(11-9-20)19(25)16-7-4-12-26-16/h2-7,12,18H,8-11H2,1H3. The number of ketones is 1. The zero-order valence-electron chi connectivity index (χ0n) is 14.4. The van der Waals surface area contributed by atoms with Crippen LogP contribution in [0.15, 0.2) is 47.1 Å². The Balaban J connectivity index is 1.51. The molecule has 1 fully saturated rings. The van der Waals surface area contributed by atoms with Crippen LogP contribution in [-0.2, 0) is 4.79 Å². The van der Waals surface area contributed by atoms with E-state index in [2.05, 4.69) is 0 Å². The smallest absolute Gasteiger partial charge is 0.289 e. The molecule has 0 bridgehead atoms. The topological polar surface area (TPSA) is 74.1 Å². The van der Waals surface area contributed by atoms with E-state index in [-0.39, 0.29) is 17.6 Å². The number of carbonyl (C=O) groups excluding carboxylic acids is 3. The number of Topliss-reactive ketones (excluding diaryl/α,β-unsaturated/α-hetero) is 1. The Labute approximate surface area is 150 Å². The maximum Gasteiger partial charge on any atom is 0.289 e. The van der Waals surface area contributed by atoms with Gasteiger partial charge in [0.2, 0.25) is 11.7 Å². The fourth-order valence-electron chi connectivity index (χ4n) is 3.68. The van der Waals surface area contributed by atoms with E-state index in [1.807, 2.05) is 11.0 Å². The molecule has 0 saturated carbocycles. The zero-order valence-corrected chi connectivity index (χ0v) is 14.4. The van der Waals surface area contributed by atoms with Gasteiger partial charge in [-0.2, -0.15) is 0 Å². The number of benzene rings is 1. The van der Waals surface area contributed by atoms with Gasteiger partial charge < -0.3 is 9.32 Å². The molecule has 7 heteroatoms. The molecule has 4 rings (SSSR count). The monoisotopic (exact) mass is 353 g/mol. The molecular formula is C19H19N3O4. The van der Waals surface area contributed by atoms with Crippen molar-refractivity contribution in [3.63, 3.8) is 0 Å². The first-order valence-corrected chi connectivity index (χ1v) is 8.58. The minimum atomic E-state index is -0.634. The average molecular weight is 353 g/mol. The Kier molecular flexibility index (Phi) is 4.08. The third kappa shape index (κ3) is 2.61. The van der Waals surface area contributed by atoms with Crippen molar-refractivity contribution in [2.24, 2.45) is 0 Å². The van der Waals surface area contributed by atoms with E-state index in [4.69, 9.17) is 4.42 Å². The Bertz CT molecular complexity index is 853. The Morgan fingerprint density at radius 2 is 1.77 bits per heavy atom. The van der Waals surface area contributed by atoms with Crippen LogP contribution in [0.25, 0.3) is 0 Å². The molecule has 2 aliphatic rings. The Morgan fingerprint density at radius 3 is 2.42 bits per heavy atom. The molecule has 3 heterocycles. The van der Waals surface area contributed by atoms with Gasteiger partial charge in [0, 0.05) is 38.7 Å². The Hall–Kier alpha value is -2.93. The van der Waals surface area contributed by atoms with E-state index in [1.54, 1.807) is 40.1 Å². The number of hydrogen-bond donors (Lipinski definition) is 0. The first-order valence-electron chi connectivity index (χ1n) is 8.58. The van der Waals surface area contributed by atoms with Crippen molar-refractivity contribution in [2.45, 2.75) is 13.1 Å². The summed E-state index contributed by atoms with van der Waals surface area (Å²) in [7, 11) is 0. The van der Waals surface area contributed by atoms with E-state index in [0.29, 0.717) is 43.2 Å². The van der Waals surface area contributed by atoms with Crippen LogP contribution in [0.1, 0.15) is 27.8 Å². The molecule has 0 aliphatic carbocycles. The first kappa shape index (κ1) is 16.5. The molecule has 2 aromatic rings. The van der Waals surface area contributed by atoms with Gasteiger partial charge in [-0.3, -0.25) is 24.2 Å². The highest BCUT2D eigenvalue weighted by atomic mass is 16.3. The fraction of sp³-hybridized carbons (Fsp3) is 0.316. The molecular weight excluding hydrogens is 334 g/mol. The van der Waals surface area contributed by atoms with E-state index in [9.17, 15) is 14.4 Å². The van der Waals surface area contributed by atoms with Crippen LogP contribution in [0.5, 0.6) is 0 Å². The number of rotatable bonds is 2. The predicted octanol–water partition coefficient (Wildman–Crippen LogP) is 1.61. The van der Waals surface area contributed by atoms with Gasteiger partial charge in [-0.15, -0.1) is 0 Å². The second kappa shape index (κ2) is 6.42. The highest BCUT2D eigenvalue weighted by Crippen LogP contribution is 2.34. The summed E-state index contributed by atoms with van der Waals surface area (Å²) in [5.74, 6) is -0.0729. The molecule has 134 valence electrons. The number of nitrogens with zero attached hydrogens (tertiary/aromatic N) is 3. The number of furan rings is 1. The Morgan fingerprint density at radius 1 is 1.04 bits per heavy atom. The van der Waals surface area contributed by atoms with Gasteiger partial charge in [0.15, 0.2) is 11.9 Å². The zero-order chi connectivity index (χ0) is 18.3. The van der Waals surface area contributed by atoms with E-state index in [1.165, 1.54) is 13.2 Å². The summed E-state index contributed by atoms with van der Waals surface area (Å²) >= 11 is 0. The summed E-state index contributed by atoms with van der Waals surface area (Å²) in [6, 6.07) is 10.5. The number of fused-ring (bicyclic) bond motifs is 1. The van der Waals surface area contributed by atoms with Crippen molar-refractivity contribution < 1.29 is 18.8 Å². The molecule has 1 unspecified atom stereocenters. The molecule has 0 spiro atoms. The maximum absolute atomic E-state index is 12.9. The third-order valence-electron chi connectivity index (χ3n) is 4.93. The largest absolute Gasteiger partial charge is 0.459 e. The summed E-state index contributed by atoms with van der Waals surface area (Å²) < 4.78 is 5.17. The number of amides is 2. The number of anilines is 1. The minimum Gasteiger partial charge on any atom is -0.459 e. The van der Waals surface area contributed by atoms with Crippen molar-refractivity contribution in [3.05, 3.63) is 54.0 Å².